The smallest absolute Gasteiger partial charge is 0.323 e. The highest BCUT2D eigenvalue weighted by atomic mass is 16.4. The zero-order valence-corrected chi connectivity index (χ0v) is 11.0. The summed E-state index contributed by atoms with van der Waals surface area (Å²) in [5.41, 5.74) is 5.60. The highest BCUT2D eigenvalue weighted by Crippen LogP contribution is 2.09. The van der Waals surface area contributed by atoms with E-state index in [1.165, 1.54) is 4.90 Å². The Morgan fingerprint density at radius 3 is 2.35 bits per heavy atom. The minimum atomic E-state index is -0.967. The molecule has 0 aromatic heterocycles. The van der Waals surface area contributed by atoms with Gasteiger partial charge in [-0.25, -0.2) is 0 Å². The summed E-state index contributed by atoms with van der Waals surface area (Å²) in [7, 11) is 0. The van der Waals surface area contributed by atoms with E-state index >= 15 is 0 Å². The van der Waals surface area contributed by atoms with Gasteiger partial charge in [0.25, 0.3) is 0 Å². The van der Waals surface area contributed by atoms with Crippen LogP contribution in [0.4, 0.5) is 0 Å². The van der Waals surface area contributed by atoms with Gasteiger partial charge in [0, 0.05) is 18.5 Å². The van der Waals surface area contributed by atoms with Crippen LogP contribution in [-0.2, 0) is 9.59 Å². The number of carbonyl (C=O) groups excluding carboxylic acids is 1. The van der Waals surface area contributed by atoms with Crippen molar-refractivity contribution in [2.24, 2.45) is 5.73 Å². The summed E-state index contributed by atoms with van der Waals surface area (Å²) >= 11 is 0. The molecule has 2 atom stereocenters. The Morgan fingerprint density at radius 2 is 1.94 bits per heavy atom. The predicted molar refractivity (Wildman–Crippen MR) is 66.6 cm³/mol. The summed E-state index contributed by atoms with van der Waals surface area (Å²) in [6, 6.07) is 0.0493. The van der Waals surface area contributed by atoms with Gasteiger partial charge in [0.2, 0.25) is 5.91 Å². The molecule has 5 nitrogen and oxygen atoms in total. The number of carbonyl (C=O) groups is 2. The third kappa shape index (κ3) is 6.94. The van der Waals surface area contributed by atoms with Crippen LogP contribution in [0.25, 0.3) is 0 Å². The van der Waals surface area contributed by atoms with Crippen molar-refractivity contribution >= 4 is 11.9 Å². The molecule has 1 amide bonds. The molecule has 0 heterocycles. The molecule has 0 spiro atoms. The average molecular weight is 244 g/mol. The number of hydrogen-bond donors (Lipinski definition) is 2. The van der Waals surface area contributed by atoms with Gasteiger partial charge < -0.3 is 15.7 Å². The van der Waals surface area contributed by atoms with Gasteiger partial charge in [-0.1, -0.05) is 6.92 Å². The number of hydrogen-bond acceptors (Lipinski definition) is 3. The minimum Gasteiger partial charge on any atom is -0.480 e. The van der Waals surface area contributed by atoms with Gasteiger partial charge in [0.15, 0.2) is 0 Å². The van der Waals surface area contributed by atoms with Crippen molar-refractivity contribution in [3.8, 4) is 0 Å². The van der Waals surface area contributed by atoms with Crippen molar-refractivity contribution in [1.82, 2.24) is 4.90 Å². The first-order chi connectivity index (χ1) is 7.88. The van der Waals surface area contributed by atoms with Crippen LogP contribution in [0, 0.1) is 0 Å². The number of nitrogens with zero attached hydrogens (tertiary/aromatic N) is 1. The van der Waals surface area contributed by atoms with E-state index in [-0.39, 0.29) is 24.5 Å². The summed E-state index contributed by atoms with van der Waals surface area (Å²) in [6.45, 7) is 5.49. The van der Waals surface area contributed by atoms with Gasteiger partial charge >= 0.3 is 5.97 Å². The lowest BCUT2D eigenvalue weighted by molar-refractivity contribution is -0.146. The van der Waals surface area contributed by atoms with E-state index in [2.05, 4.69) is 0 Å². The van der Waals surface area contributed by atoms with Crippen molar-refractivity contribution in [3.05, 3.63) is 0 Å². The summed E-state index contributed by atoms with van der Waals surface area (Å²) in [4.78, 5) is 24.0. The highest BCUT2D eigenvalue weighted by Gasteiger charge is 2.20. The molecular weight excluding hydrogens is 220 g/mol. The van der Waals surface area contributed by atoms with Gasteiger partial charge in [-0.3, -0.25) is 9.59 Å². The maximum atomic E-state index is 11.9. The molecular formula is C12H24N2O3. The van der Waals surface area contributed by atoms with Crippen molar-refractivity contribution in [1.29, 1.82) is 0 Å². The summed E-state index contributed by atoms with van der Waals surface area (Å²) in [5, 5.41) is 8.78. The zero-order valence-electron chi connectivity index (χ0n) is 11.0. The molecule has 17 heavy (non-hydrogen) atoms. The lowest BCUT2D eigenvalue weighted by Gasteiger charge is -2.27. The maximum absolute atomic E-state index is 11.9. The zero-order chi connectivity index (χ0) is 13.4. The minimum absolute atomic E-state index is 0.0334. The standard InChI is InChI=1S/C12H24N2O3/c1-4-10(3)14(8-12(16)17)11(15)7-5-6-9(2)13/h9-10H,4-8,13H2,1-3H3,(H,16,17). The number of amides is 1. The van der Waals surface area contributed by atoms with E-state index in [0.717, 1.165) is 12.8 Å². The molecule has 100 valence electrons. The van der Waals surface area contributed by atoms with E-state index in [0.29, 0.717) is 12.8 Å². The Kier molecular flexibility index (Phi) is 7.54. The van der Waals surface area contributed by atoms with Crippen LogP contribution in [0.3, 0.4) is 0 Å². The van der Waals surface area contributed by atoms with E-state index in [4.69, 9.17) is 10.8 Å². The van der Waals surface area contributed by atoms with Crippen LogP contribution in [-0.4, -0.2) is 40.5 Å². The topological polar surface area (TPSA) is 83.6 Å². The quantitative estimate of drug-likeness (QED) is 0.672. The second-order valence-electron chi connectivity index (χ2n) is 4.54. The summed E-state index contributed by atoms with van der Waals surface area (Å²) < 4.78 is 0. The van der Waals surface area contributed by atoms with Crippen LogP contribution in [0.2, 0.25) is 0 Å². The molecule has 0 aliphatic heterocycles. The maximum Gasteiger partial charge on any atom is 0.323 e. The van der Waals surface area contributed by atoms with E-state index in [9.17, 15) is 9.59 Å². The SMILES string of the molecule is CCC(C)N(CC(=O)O)C(=O)CCCC(C)N. The molecule has 0 rings (SSSR count). The van der Waals surface area contributed by atoms with Crippen LogP contribution in [0.1, 0.15) is 46.5 Å². The molecule has 0 aliphatic carbocycles. The lowest BCUT2D eigenvalue weighted by Crippen LogP contribution is -2.41. The Balaban J connectivity index is 4.27. The van der Waals surface area contributed by atoms with E-state index in [1.54, 1.807) is 0 Å². The molecule has 0 radical (unpaired) electrons. The predicted octanol–water partition coefficient (Wildman–Crippen LogP) is 1.22. The third-order valence-electron chi connectivity index (χ3n) is 2.80. The van der Waals surface area contributed by atoms with Gasteiger partial charge in [-0.2, -0.15) is 0 Å². The fraction of sp³-hybridized carbons (Fsp3) is 0.833. The largest absolute Gasteiger partial charge is 0.480 e. The molecule has 0 aromatic rings. The summed E-state index contributed by atoms with van der Waals surface area (Å²) in [5.74, 6) is -1.06. The van der Waals surface area contributed by atoms with Crippen LogP contribution in [0.15, 0.2) is 0 Å². The molecule has 0 aliphatic rings. The average Bonchev–Trinajstić information content (AvgIpc) is 2.23. The first-order valence-electron chi connectivity index (χ1n) is 6.15. The van der Waals surface area contributed by atoms with Crippen molar-refractivity contribution in [2.75, 3.05) is 6.54 Å². The van der Waals surface area contributed by atoms with Crippen molar-refractivity contribution in [3.63, 3.8) is 0 Å². The second kappa shape index (κ2) is 8.06. The van der Waals surface area contributed by atoms with Gasteiger partial charge in [0.05, 0.1) is 0 Å². The summed E-state index contributed by atoms with van der Waals surface area (Å²) in [6.07, 6.45) is 2.63. The van der Waals surface area contributed by atoms with Gasteiger partial charge in [-0.15, -0.1) is 0 Å². The third-order valence-corrected chi connectivity index (χ3v) is 2.80. The molecule has 0 aromatic carbocycles. The number of rotatable bonds is 8. The first kappa shape index (κ1) is 15.9. The molecule has 0 saturated carbocycles. The molecule has 2 unspecified atom stereocenters. The Labute approximate surface area is 103 Å². The molecule has 5 heteroatoms. The highest BCUT2D eigenvalue weighted by molar-refractivity contribution is 5.81. The van der Waals surface area contributed by atoms with Crippen LogP contribution >= 0.6 is 0 Å². The molecule has 0 bridgehead atoms. The Hall–Kier alpha value is -1.10. The fourth-order valence-electron chi connectivity index (χ4n) is 1.57. The number of carboxylic acids is 1. The van der Waals surface area contributed by atoms with E-state index < -0.39 is 5.97 Å². The molecule has 0 saturated heterocycles. The number of carboxylic acid groups (broad SMARTS) is 1. The van der Waals surface area contributed by atoms with E-state index in [1.807, 2.05) is 20.8 Å². The number of aliphatic carboxylic acids is 1. The Morgan fingerprint density at radius 1 is 1.35 bits per heavy atom. The molecule has 0 fully saturated rings. The molecule has 3 N–H and O–H groups in total. The lowest BCUT2D eigenvalue weighted by atomic mass is 10.1. The number of nitrogens with two attached hydrogens (primary N) is 1. The fourth-order valence-corrected chi connectivity index (χ4v) is 1.57. The van der Waals surface area contributed by atoms with Gasteiger partial charge in [-0.05, 0) is 33.1 Å². The van der Waals surface area contributed by atoms with Crippen molar-refractivity contribution < 1.29 is 14.7 Å². The van der Waals surface area contributed by atoms with Crippen LogP contribution < -0.4 is 5.73 Å². The Bertz CT molecular complexity index is 254. The second-order valence-corrected chi connectivity index (χ2v) is 4.54. The first-order valence-corrected chi connectivity index (χ1v) is 6.15. The monoisotopic (exact) mass is 244 g/mol. The normalized spacial score (nSPS) is 14.1. The van der Waals surface area contributed by atoms with Crippen molar-refractivity contribution in [2.45, 2.75) is 58.5 Å². The van der Waals surface area contributed by atoms with Crippen LogP contribution in [0.5, 0.6) is 0 Å². The van der Waals surface area contributed by atoms with Gasteiger partial charge in [0.1, 0.15) is 6.54 Å².